The molecular weight excluding hydrogens is 320 g/mol. The highest BCUT2D eigenvalue weighted by Crippen LogP contribution is 2.29. The zero-order valence-corrected chi connectivity index (χ0v) is 14.0. The van der Waals surface area contributed by atoms with Crippen molar-refractivity contribution in [1.82, 2.24) is 4.57 Å². The van der Waals surface area contributed by atoms with Gasteiger partial charge in [0.15, 0.2) is 0 Å². The highest BCUT2D eigenvalue weighted by atomic mass is 16.2. The Hall–Kier alpha value is -3.64. The fourth-order valence-corrected chi connectivity index (χ4v) is 3.36. The number of nitriles is 1. The maximum Gasteiger partial charge on any atom is 0.243 e. The standard InChI is InChI=1S/C23H16N2O/c24-15-19-16-25(21-14-8-7-13-20(19)21)23(26)22(17-9-3-1-4-10-17)18-11-5-2-6-12-18/h1-14,16,22H. The quantitative estimate of drug-likeness (QED) is 0.529. The van der Waals surface area contributed by atoms with Crippen LogP contribution in [0.3, 0.4) is 0 Å². The maximum absolute atomic E-state index is 13.5. The van der Waals surface area contributed by atoms with Crippen LogP contribution in [-0.4, -0.2) is 10.5 Å². The predicted molar refractivity (Wildman–Crippen MR) is 102 cm³/mol. The molecule has 0 unspecified atom stereocenters. The van der Waals surface area contributed by atoms with Crippen LogP contribution in [-0.2, 0) is 0 Å². The van der Waals surface area contributed by atoms with Gasteiger partial charge in [-0.2, -0.15) is 5.26 Å². The molecule has 4 rings (SSSR count). The van der Waals surface area contributed by atoms with E-state index in [4.69, 9.17) is 0 Å². The van der Waals surface area contributed by atoms with Crippen molar-refractivity contribution in [2.45, 2.75) is 5.92 Å². The molecule has 0 spiro atoms. The number of fused-ring (bicyclic) bond motifs is 1. The molecule has 124 valence electrons. The Balaban J connectivity index is 1.91. The third-order valence-electron chi connectivity index (χ3n) is 4.58. The molecule has 0 aliphatic rings. The Morgan fingerprint density at radius 3 is 1.92 bits per heavy atom. The molecule has 0 saturated heterocycles. The lowest BCUT2D eigenvalue weighted by atomic mass is 9.90. The summed E-state index contributed by atoms with van der Waals surface area (Å²) in [6.07, 6.45) is 1.64. The van der Waals surface area contributed by atoms with E-state index in [0.717, 1.165) is 22.0 Å². The molecule has 0 N–H and O–H groups in total. The van der Waals surface area contributed by atoms with Crippen LogP contribution in [0, 0.1) is 11.3 Å². The number of rotatable bonds is 3. The fourth-order valence-electron chi connectivity index (χ4n) is 3.36. The second-order valence-corrected chi connectivity index (χ2v) is 6.13. The smallest absolute Gasteiger partial charge is 0.243 e. The summed E-state index contributed by atoms with van der Waals surface area (Å²) in [5, 5.41) is 10.2. The first-order valence-electron chi connectivity index (χ1n) is 8.44. The van der Waals surface area contributed by atoms with Crippen molar-refractivity contribution >= 4 is 16.8 Å². The molecule has 0 bridgehead atoms. The number of benzene rings is 3. The van der Waals surface area contributed by atoms with Crippen LogP contribution in [0.5, 0.6) is 0 Å². The van der Waals surface area contributed by atoms with Crippen molar-refractivity contribution in [3.8, 4) is 6.07 Å². The zero-order valence-electron chi connectivity index (χ0n) is 14.0. The lowest BCUT2D eigenvalue weighted by molar-refractivity contribution is 0.0898. The molecule has 1 heterocycles. The summed E-state index contributed by atoms with van der Waals surface area (Å²) in [6, 6.07) is 29.2. The second kappa shape index (κ2) is 6.70. The third kappa shape index (κ3) is 2.68. The summed E-state index contributed by atoms with van der Waals surface area (Å²) in [5.41, 5.74) is 3.12. The first-order chi connectivity index (χ1) is 12.8. The van der Waals surface area contributed by atoms with Crippen LogP contribution < -0.4 is 0 Å². The van der Waals surface area contributed by atoms with E-state index in [9.17, 15) is 10.1 Å². The van der Waals surface area contributed by atoms with Gasteiger partial charge in [0.25, 0.3) is 0 Å². The van der Waals surface area contributed by atoms with E-state index in [2.05, 4.69) is 6.07 Å². The highest BCUT2D eigenvalue weighted by Gasteiger charge is 2.25. The molecule has 0 amide bonds. The minimum absolute atomic E-state index is 0.0694. The van der Waals surface area contributed by atoms with E-state index in [1.165, 1.54) is 0 Å². The molecule has 3 heteroatoms. The van der Waals surface area contributed by atoms with Gasteiger partial charge in [0.05, 0.1) is 17.0 Å². The Bertz CT molecular complexity index is 1070. The van der Waals surface area contributed by atoms with Crippen molar-refractivity contribution in [2.75, 3.05) is 0 Å². The average Bonchev–Trinajstić information content (AvgIpc) is 3.09. The largest absolute Gasteiger partial charge is 0.285 e. The molecule has 0 aliphatic carbocycles. The molecular formula is C23H16N2O. The zero-order chi connectivity index (χ0) is 17.9. The SMILES string of the molecule is N#Cc1cn(C(=O)C(c2ccccc2)c2ccccc2)c2ccccc12. The third-order valence-corrected chi connectivity index (χ3v) is 4.58. The van der Waals surface area contributed by atoms with Gasteiger partial charge < -0.3 is 0 Å². The van der Waals surface area contributed by atoms with Crippen LogP contribution in [0.25, 0.3) is 10.9 Å². The number of aromatic nitrogens is 1. The normalized spacial score (nSPS) is 10.8. The van der Waals surface area contributed by atoms with Crippen molar-refractivity contribution in [3.63, 3.8) is 0 Å². The maximum atomic E-state index is 13.5. The van der Waals surface area contributed by atoms with Crippen molar-refractivity contribution in [3.05, 3.63) is 108 Å². The Labute approximate surface area is 151 Å². The van der Waals surface area contributed by atoms with E-state index in [1.54, 1.807) is 10.8 Å². The minimum atomic E-state index is -0.431. The number of carbonyl (C=O) groups is 1. The summed E-state index contributed by atoms with van der Waals surface area (Å²) >= 11 is 0. The van der Waals surface area contributed by atoms with Gasteiger partial charge in [-0.3, -0.25) is 9.36 Å². The van der Waals surface area contributed by atoms with E-state index in [1.807, 2.05) is 84.9 Å². The van der Waals surface area contributed by atoms with Crippen LogP contribution >= 0.6 is 0 Å². The Morgan fingerprint density at radius 2 is 1.35 bits per heavy atom. The van der Waals surface area contributed by atoms with Gasteiger partial charge in [-0.05, 0) is 17.2 Å². The average molecular weight is 336 g/mol. The molecule has 3 nitrogen and oxygen atoms in total. The predicted octanol–water partition coefficient (Wildman–Crippen LogP) is 4.99. The lowest BCUT2D eigenvalue weighted by Crippen LogP contribution is -2.20. The van der Waals surface area contributed by atoms with Gasteiger partial charge in [-0.1, -0.05) is 78.9 Å². The fraction of sp³-hybridized carbons (Fsp3) is 0.0435. The van der Waals surface area contributed by atoms with Crippen molar-refractivity contribution in [2.24, 2.45) is 0 Å². The van der Waals surface area contributed by atoms with E-state index in [-0.39, 0.29) is 5.91 Å². The Kier molecular flexibility index (Phi) is 4.09. The molecule has 3 aromatic carbocycles. The summed E-state index contributed by atoms with van der Waals surface area (Å²) in [7, 11) is 0. The molecule has 4 aromatic rings. The summed E-state index contributed by atoms with van der Waals surface area (Å²) < 4.78 is 1.61. The van der Waals surface area contributed by atoms with E-state index >= 15 is 0 Å². The van der Waals surface area contributed by atoms with E-state index < -0.39 is 5.92 Å². The summed E-state index contributed by atoms with van der Waals surface area (Å²) in [6.45, 7) is 0. The highest BCUT2D eigenvalue weighted by molar-refractivity contribution is 5.99. The van der Waals surface area contributed by atoms with Crippen LogP contribution in [0.4, 0.5) is 0 Å². The topological polar surface area (TPSA) is 45.8 Å². The summed E-state index contributed by atoms with van der Waals surface area (Å²) in [4.78, 5) is 13.5. The lowest BCUT2D eigenvalue weighted by Gasteiger charge is -2.18. The number of carbonyl (C=O) groups excluding carboxylic acids is 1. The molecule has 0 atom stereocenters. The number of hydrogen-bond acceptors (Lipinski definition) is 2. The van der Waals surface area contributed by atoms with Crippen molar-refractivity contribution in [1.29, 1.82) is 5.26 Å². The molecule has 0 aliphatic heterocycles. The number of hydrogen-bond donors (Lipinski definition) is 0. The van der Waals surface area contributed by atoms with Crippen molar-refractivity contribution < 1.29 is 4.79 Å². The van der Waals surface area contributed by atoms with E-state index in [0.29, 0.717) is 5.56 Å². The first kappa shape index (κ1) is 15.9. The van der Waals surface area contributed by atoms with Gasteiger partial charge in [-0.25, -0.2) is 0 Å². The van der Waals surface area contributed by atoms with Crippen LogP contribution in [0.2, 0.25) is 0 Å². The summed E-state index contributed by atoms with van der Waals surface area (Å²) in [5.74, 6) is -0.500. The Morgan fingerprint density at radius 1 is 0.808 bits per heavy atom. The molecule has 26 heavy (non-hydrogen) atoms. The first-order valence-corrected chi connectivity index (χ1v) is 8.44. The second-order valence-electron chi connectivity index (χ2n) is 6.13. The van der Waals surface area contributed by atoms with Gasteiger partial charge in [-0.15, -0.1) is 0 Å². The number of nitrogens with zero attached hydrogens (tertiary/aromatic N) is 2. The molecule has 1 aromatic heterocycles. The number of para-hydroxylation sites is 1. The van der Waals surface area contributed by atoms with Gasteiger partial charge >= 0.3 is 0 Å². The molecule has 0 radical (unpaired) electrons. The van der Waals surface area contributed by atoms with Crippen LogP contribution in [0.1, 0.15) is 27.4 Å². The van der Waals surface area contributed by atoms with Crippen LogP contribution in [0.15, 0.2) is 91.1 Å². The minimum Gasteiger partial charge on any atom is -0.285 e. The monoisotopic (exact) mass is 336 g/mol. The van der Waals surface area contributed by atoms with Gasteiger partial charge in [0, 0.05) is 11.6 Å². The molecule has 0 saturated carbocycles. The molecule has 0 fully saturated rings. The van der Waals surface area contributed by atoms with Gasteiger partial charge in [0.1, 0.15) is 6.07 Å². The van der Waals surface area contributed by atoms with Gasteiger partial charge in [0.2, 0.25) is 5.91 Å².